The number of hydrazine groups is 1. The first-order valence-corrected chi connectivity index (χ1v) is 16.8. The summed E-state index contributed by atoms with van der Waals surface area (Å²) in [6.45, 7) is 7.91. The molecule has 1 amide bonds. The number of hydrogen-bond acceptors (Lipinski definition) is 9. The van der Waals surface area contributed by atoms with Gasteiger partial charge in [-0.05, 0) is 115 Å². The van der Waals surface area contributed by atoms with Gasteiger partial charge >= 0.3 is 0 Å². The molecule has 0 saturated carbocycles. The van der Waals surface area contributed by atoms with Gasteiger partial charge in [0, 0.05) is 37.1 Å². The van der Waals surface area contributed by atoms with E-state index in [0.717, 1.165) is 50.9 Å². The van der Waals surface area contributed by atoms with E-state index in [1.807, 2.05) is 11.9 Å². The van der Waals surface area contributed by atoms with Gasteiger partial charge in [-0.2, -0.15) is 5.01 Å². The number of amides is 1. The lowest BCUT2D eigenvalue weighted by Crippen LogP contribution is -2.69. The summed E-state index contributed by atoms with van der Waals surface area (Å²) >= 11 is 0. The molecule has 236 valence electrons. The van der Waals surface area contributed by atoms with Crippen LogP contribution in [-0.4, -0.2) is 103 Å². The van der Waals surface area contributed by atoms with Crippen molar-refractivity contribution in [3.63, 3.8) is 0 Å². The molecule has 0 aromatic heterocycles. The van der Waals surface area contributed by atoms with Crippen LogP contribution >= 0.6 is 0 Å². The van der Waals surface area contributed by atoms with E-state index >= 15 is 0 Å². The molecule has 10 heteroatoms. The minimum Gasteiger partial charge on any atom is -0.389 e. The Labute approximate surface area is 257 Å². The largest absolute Gasteiger partial charge is 0.389 e. The van der Waals surface area contributed by atoms with Gasteiger partial charge in [-0.25, -0.2) is 0 Å². The first-order chi connectivity index (χ1) is 20.8. The number of aliphatic hydroxyl groups is 1. The monoisotopic (exact) mass is 592 g/mol. The second-order valence-electron chi connectivity index (χ2n) is 14.4. The van der Waals surface area contributed by atoms with Crippen molar-refractivity contribution in [2.45, 2.75) is 95.0 Å². The summed E-state index contributed by atoms with van der Waals surface area (Å²) in [7, 11) is 2.25. The molecule has 1 spiro atoms. The molecule has 1 aromatic carbocycles. The number of carbonyl (C=O) groups excluding carboxylic acids is 1. The van der Waals surface area contributed by atoms with Gasteiger partial charge < -0.3 is 20.2 Å². The zero-order valence-corrected chi connectivity index (χ0v) is 26.1. The summed E-state index contributed by atoms with van der Waals surface area (Å²) in [5.41, 5.74) is 2.15. The molecule has 0 radical (unpaired) electrons. The highest BCUT2D eigenvalue weighted by Crippen LogP contribution is 2.42. The molecule has 10 nitrogen and oxygen atoms in total. The minimum absolute atomic E-state index is 0.000547. The lowest BCUT2D eigenvalue weighted by Gasteiger charge is -2.47. The van der Waals surface area contributed by atoms with Crippen molar-refractivity contribution in [1.82, 2.24) is 30.9 Å². The number of hydrogen-bond donors (Lipinski definition) is 5. The van der Waals surface area contributed by atoms with Crippen LogP contribution in [0.1, 0.15) is 64.7 Å². The fraction of sp³-hybridized carbons (Fsp3) is 0.727. The summed E-state index contributed by atoms with van der Waals surface area (Å²) in [4.78, 5) is 18.7. The van der Waals surface area contributed by atoms with Gasteiger partial charge in [0.2, 0.25) is 5.91 Å². The fourth-order valence-electron chi connectivity index (χ4n) is 8.50. The van der Waals surface area contributed by atoms with Crippen LogP contribution in [0.3, 0.4) is 0 Å². The van der Waals surface area contributed by atoms with Crippen LogP contribution in [-0.2, 0) is 4.79 Å². The van der Waals surface area contributed by atoms with Crippen molar-refractivity contribution in [1.29, 1.82) is 0 Å². The maximum Gasteiger partial charge on any atom is 0.244 e. The molecule has 0 aliphatic carbocycles. The number of rotatable bonds is 3. The highest BCUT2D eigenvalue weighted by molar-refractivity contribution is 5.82. The Balaban J connectivity index is 1.00. The Morgan fingerprint density at radius 1 is 0.953 bits per heavy atom. The number of likely N-dealkylation sites (tertiary alicyclic amines) is 1. The molecule has 5 fully saturated rings. The first kappa shape index (κ1) is 29.5. The van der Waals surface area contributed by atoms with Gasteiger partial charge in [-0.15, -0.1) is 0 Å². The Hall–Kier alpha value is -2.21. The van der Waals surface area contributed by atoms with Gasteiger partial charge in [0.1, 0.15) is 6.29 Å². The van der Waals surface area contributed by atoms with E-state index < -0.39 is 5.60 Å². The highest BCUT2D eigenvalue weighted by Gasteiger charge is 2.52. The standard InChI is InChI=1S/C33H52N8O2/c1-32(43)13-4-3-5-18-40-30(42)26-23-34-31(37-29(26)41(40)28-8-6-7-27(32)36-28)35-24-9-11-25(12-10-24)39-21-16-33(17-22-39)14-19-38(2)20-15-33/h3,5,9-12,26-29,31,34-37,43H,4,6-8,13-23H2,1-2H3/b5-3-. The molecule has 5 saturated heterocycles. The van der Waals surface area contributed by atoms with Crippen molar-refractivity contribution in [2.24, 2.45) is 11.3 Å². The molecule has 7 rings (SSSR count). The minimum atomic E-state index is -0.776. The maximum atomic E-state index is 13.6. The predicted octanol–water partition coefficient (Wildman–Crippen LogP) is 2.46. The Morgan fingerprint density at radius 2 is 1.70 bits per heavy atom. The van der Waals surface area contributed by atoms with Crippen molar-refractivity contribution >= 4 is 17.3 Å². The number of benzene rings is 1. The molecule has 6 heterocycles. The van der Waals surface area contributed by atoms with Crippen LogP contribution in [0.4, 0.5) is 11.4 Å². The van der Waals surface area contributed by atoms with E-state index in [9.17, 15) is 9.90 Å². The molecule has 2 bridgehead atoms. The SMILES string of the molecule is CN1CCC2(CC1)CCN(c1ccc(NC3NCC4C(=O)N5C/C=C\CCC(C)(O)C6CCCC(N6)N5C4N3)cc1)CC2. The lowest BCUT2D eigenvalue weighted by molar-refractivity contribution is -0.146. The average molecular weight is 593 g/mol. The number of piperidine rings is 3. The third kappa shape index (κ3) is 5.94. The fourth-order valence-corrected chi connectivity index (χ4v) is 8.50. The molecule has 6 atom stereocenters. The van der Waals surface area contributed by atoms with E-state index in [2.05, 4.69) is 79.5 Å². The van der Waals surface area contributed by atoms with Gasteiger partial charge in [0.25, 0.3) is 0 Å². The van der Waals surface area contributed by atoms with E-state index in [1.54, 1.807) is 0 Å². The molecule has 6 aliphatic rings. The normalized spacial score (nSPS) is 37.8. The van der Waals surface area contributed by atoms with Gasteiger partial charge in [-0.1, -0.05) is 12.2 Å². The number of nitrogens with one attached hydrogen (secondary N) is 4. The van der Waals surface area contributed by atoms with Crippen LogP contribution in [0.25, 0.3) is 0 Å². The van der Waals surface area contributed by atoms with E-state index in [1.165, 1.54) is 44.5 Å². The lowest BCUT2D eigenvalue weighted by atomic mass is 9.71. The van der Waals surface area contributed by atoms with E-state index in [4.69, 9.17) is 0 Å². The number of anilines is 2. The molecular weight excluding hydrogens is 540 g/mol. The summed E-state index contributed by atoms with van der Waals surface area (Å²) in [5, 5.41) is 30.1. The van der Waals surface area contributed by atoms with Crippen LogP contribution in [0.5, 0.6) is 0 Å². The number of allylic oxidation sites excluding steroid dienone is 1. The molecule has 5 N–H and O–H groups in total. The third-order valence-electron chi connectivity index (χ3n) is 11.5. The quantitative estimate of drug-likeness (QED) is 0.339. The summed E-state index contributed by atoms with van der Waals surface area (Å²) in [6.07, 6.45) is 13.7. The van der Waals surface area contributed by atoms with Crippen LogP contribution in [0.2, 0.25) is 0 Å². The maximum absolute atomic E-state index is 13.6. The predicted molar refractivity (Wildman–Crippen MR) is 170 cm³/mol. The zero-order chi connectivity index (χ0) is 29.6. The zero-order valence-electron chi connectivity index (χ0n) is 26.1. The summed E-state index contributed by atoms with van der Waals surface area (Å²) in [5.74, 6) is 0.00218. The summed E-state index contributed by atoms with van der Waals surface area (Å²) < 4.78 is 0. The average Bonchev–Trinajstić information content (AvgIpc) is 3.29. The smallest absolute Gasteiger partial charge is 0.244 e. The van der Waals surface area contributed by atoms with Gasteiger partial charge in [0.05, 0.1) is 30.4 Å². The second-order valence-corrected chi connectivity index (χ2v) is 14.4. The number of nitrogens with zero attached hydrogens (tertiary/aromatic N) is 4. The topological polar surface area (TPSA) is 98.4 Å². The van der Waals surface area contributed by atoms with E-state index in [-0.39, 0.29) is 36.5 Å². The highest BCUT2D eigenvalue weighted by atomic mass is 16.3. The number of carbonyl (C=O) groups is 1. The van der Waals surface area contributed by atoms with Crippen molar-refractivity contribution in [2.75, 3.05) is 56.5 Å². The van der Waals surface area contributed by atoms with Crippen LogP contribution in [0.15, 0.2) is 36.4 Å². The Morgan fingerprint density at radius 3 is 2.47 bits per heavy atom. The van der Waals surface area contributed by atoms with Crippen molar-refractivity contribution in [3.8, 4) is 0 Å². The molecule has 43 heavy (non-hydrogen) atoms. The van der Waals surface area contributed by atoms with Crippen LogP contribution in [0, 0.1) is 11.3 Å². The van der Waals surface area contributed by atoms with Crippen LogP contribution < -0.4 is 26.2 Å². The van der Waals surface area contributed by atoms with Gasteiger partial charge in [-0.3, -0.25) is 25.8 Å². The second kappa shape index (κ2) is 11.9. The first-order valence-electron chi connectivity index (χ1n) is 16.8. The van der Waals surface area contributed by atoms with Crippen molar-refractivity contribution < 1.29 is 9.90 Å². The molecule has 6 unspecified atom stereocenters. The van der Waals surface area contributed by atoms with Crippen molar-refractivity contribution in [3.05, 3.63) is 36.4 Å². The molecule has 6 aliphatic heterocycles. The number of fused-ring (bicyclic) bond motifs is 6. The Bertz CT molecular complexity index is 1160. The van der Waals surface area contributed by atoms with Gasteiger partial charge in [0.15, 0.2) is 0 Å². The third-order valence-corrected chi connectivity index (χ3v) is 11.5. The molecular formula is C33H52N8O2. The van der Waals surface area contributed by atoms with E-state index in [0.29, 0.717) is 18.5 Å². The Kier molecular flexibility index (Phi) is 8.20. The molecule has 1 aromatic rings. The summed E-state index contributed by atoms with van der Waals surface area (Å²) in [6, 6.07) is 8.88.